The first-order valence-corrected chi connectivity index (χ1v) is 10.4. The van der Waals surface area contributed by atoms with Gasteiger partial charge in [-0.1, -0.05) is 25.5 Å². The standard InChI is InChI=1S/C22H34N4O/c1-5-6-13-26(17(2)3)22(27)18-11-14-25(15-12-18)16-21-23-19-9-7-8-10-20(19)24(21)4/h7-10,17-18H,5-6,11-16H2,1-4H3. The molecule has 1 fully saturated rings. The SMILES string of the molecule is CCCCN(C(=O)C1CCN(Cc2nc3ccccc3n2C)CC1)C(C)C. The zero-order valence-corrected chi connectivity index (χ0v) is 17.3. The fourth-order valence-electron chi connectivity index (χ4n) is 4.06. The number of carbonyl (C=O) groups is 1. The summed E-state index contributed by atoms with van der Waals surface area (Å²) in [5.41, 5.74) is 2.24. The number of nitrogens with zero attached hydrogens (tertiary/aromatic N) is 4. The molecule has 0 N–H and O–H groups in total. The van der Waals surface area contributed by atoms with Gasteiger partial charge in [0.15, 0.2) is 0 Å². The molecule has 1 aliphatic heterocycles. The summed E-state index contributed by atoms with van der Waals surface area (Å²) in [4.78, 5) is 22.3. The number of aromatic nitrogens is 2. The Hall–Kier alpha value is -1.88. The van der Waals surface area contributed by atoms with E-state index in [1.54, 1.807) is 0 Å². The van der Waals surface area contributed by atoms with E-state index in [0.717, 1.165) is 63.2 Å². The number of piperidine rings is 1. The molecule has 5 heteroatoms. The second-order valence-corrected chi connectivity index (χ2v) is 8.11. The van der Waals surface area contributed by atoms with Crippen LogP contribution in [-0.4, -0.2) is 50.9 Å². The number of hydrogen-bond donors (Lipinski definition) is 0. The van der Waals surface area contributed by atoms with Crippen LogP contribution in [0.2, 0.25) is 0 Å². The summed E-state index contributed by atoms with van der Waals surface area (Å²) < 4.78 is 2.19. The van der Waals surface area contributed by atoms with Crippen LogP contribution in [0.25, 0.3) is 11.0 Å². The lowest BCUT2D eigenvalue weighted by Gasteiger charge is -2.35. The van der Waals surface area contributed by atoms with Crippen LogP contribution >= 0.6 is 0 Å². The highest BCUT2D eigenvalue weighted by Gasteiger charge is 2.29. The first-order valence-electron chi connectivity index (χ1n) is 10.4. The Morgan fingerprint density at radius 1 is 1.26 bits per heavy atom. The summed E-state index contributed by atoms with van der Waals surface area (Å²) in [6, 6.07) is 8.58. The fraction of sp³-hybridized carbons (Fsp3) is 0.636. The monoisotopic (exact) mass is 370 g/mol. The largest absolute Gasteiger partial charge is 0.340 e. The van der Waals surface area contributed by atoms with Gasteiger partial charge in [-0.05, 0) is 58.3 Å². The molecule has 27 heavy (non-hydrogen) atoms. The third-order valence-electron chi connectivity index (χ3n) is 5.84. The minimum absolute atomic E-state index is 0.181. The van der Waals surface area contributed by atoms with Crippen LogP contribution in [0.1, 0.15) is 52.3 Å². The lowest BCUT2D eigenvalue weighted by molar-refractivity contribution is -0.139. The summed E-state index contributed by atoms with van der Waals surface area (Å²) in [6.45, 7) is 10.1. The summed E-state index contributed by atoms with van der Waals surface area (Å²) in [5, 5.41) is 0. The number of aryl methyl sites for hydroxylation is 1. The van der Waals surface area contributed by atoms with Crippen molar-refractivity contribution < 1.29 is 4.79 Å². The van der Waals surface area contributed by atoms with Crippen LogP contribution in [0.5, 0.6) is 0 Å². The topological polar surface area (TPSA) is 41.4 Å². The van der Waals surface area contributed by atoms with Gasteiger partial charge < -0.3 is 9.47 Å². The summed E-state index contributed by atoms with van der Waals surface area (Å²) >= 11 is 0. The molecule has 3 rings (SSSR count). The number of rotatable bonds is 7. The zero-order chi connectivity index (χ0) is 19.4. The van der Waals surface area contributed by atoms with Gasteiger partial charge in [-0.15, -0.1) is 0 Å². The average Bonchev–Trinajstić information content (AvgIpc) is 2.98. The molecule has 1 aliphatic rings. The molecule has 5 nitrogen and oxygen atoms in total. The van der Waals surface area contributed by atoms with Gasteiger partial charge in [0.25, 0.3) is 0 Å². The van der Waals surface area contributed by atoms with Crippen molar-refractivity contribution in [2.24, 2.45) is 13.0 Å². The van der Waals surface area contributed by atoms with E-state index in [2.05, 4.69) is 60.4 Å². The van der Waals surface area contributed by atoms with Crippen LogP contribution < -0.4 is 0 Å². The number of amides is 1. The van der Waals surface area contributed by atoms with Gasteiger partial charge in [0.1, 0.15) is 5.82 Å². The maximum atomic E-state index is 13.0. The molecule has 1 aromatic heterocycles. The number of fused-ring (bicyclic) bond motifs is 1. The number of para-hydroxylation sites is 2. The highest BCUT2D eigenvalue weighted by molar-refractivity contribution is 5.79. The van der Waals surface area contributed by atoms with Crippen LogP contribution in [0.15, 0.2) is 24.3 Å². The molecule has 1 saturated heterocycles. The molecule has 148 valence electrons. The van der Waals surface area contributed by atoms with Crippen molar-refractivity contribution in [3.8, 4) is 0 Å². The van der Waals surface area contributed by atoms with E-state index >= 15 is 0 Å². The maximum absolute atomic E-state index is 13.0. The maximum Gasteiger partial charge on any atom is 0.226 e. The van der Waals surface area contributed by atoms with Crippen molar-refractivity contribution in [1.82, 2.24) is 19.4 Å². The van der Waals surface area contributed by atoms with Crippen LogP contribution in [-0.2, 0) is 18.4 Å². The molecular formula is C22H34N4O. The first kappa shape index (κ1) is 19.9. The van der Waals surface area contributed by atoms with E-state index < -0.39 is 0 Å². The summed E-state index contributed by atoms with van der Waals surface area (Å²) in [6.07, 6.45) is 4.14. The fourth-order valence-corrected chi connectivity index (χ4v) is 4.06. The zero-order valence-electron chi connectivity index (χ0n) is 17.3. The van der Waals surface area contributed by atoms with Crippen molar-refractivity contribution in [3.63, 3.8) is 0 Å². The normalized spacial score (nSPS) is 16.3. The molecule has 0 radical (unpaired) electrons. The third-order valence-corrected chi connectivity index (χ3v) is 5.84. The number of imidazole rings is 1. The number of unbranched alkanes of at least 4 members (excludes halogenated alkanes) is 1. The van der Waals surface area contributed by atoms with E-state index in [1.165, 1.54) is 5.52 Å². The van der Waals surface area contributed by atoms with E-state index in [4.69, 9.17) is 4.98 Å². The highest BCUT2D eigenvalue weighted by Crippen LogP contribution is 2.23. The van der Waals surface area contributed by atoms with Crippen molar-refractivity contribution in [1.29, 1.82) is 0 Å². The van der Waals surface area contributed by atoms with Crippen molar-refractivity contribution in [3.05, 3.63) is 30.1 Å². The predicted octanol–water partition coefficient (Wildman–Crippen LogP) is 3.82. The Morgan fingerprint density at radius 2 is 1.96 bits per heavy atom. The van der Waals surface area contributed by atoms with Gasteiger partial charge in [0.2, 0.25) is 5.91 Å². The average molecular weight is 371 g/mol. The molecule has 0 atom stereocenters. The Morgan fingerprint density at radius 3 is 2.59 bits per heavy atom. The van der Waals surface area contributed by atoms with E-state index in [-0.39, 0.29) is 5.92 Å². The minimum Gasteiger partial charge on any atom is -0.340 e. The van der Waals surface area contributed by atoms with Gasteiger partial charge >= 0.3 is 0 Å². The quantitative estimate of drug-likeness (QED) is 0.744. The first-order chi connectivity index (χ1) is 13.0. The van der Waals surface area contributed by atoms with Crippen LogP contribution in [0.4, 0.5) is 0 Å². The third kappa shape index (κ3) is 4.52. The lowest BCUT2D eigenvalue weighted by Crippen LogP contribution is -2.45. The molecular weight excluding hydrogens is 336 g/mol. The Bertz CT molecular complexity index is 759. The van der Waals surface area contributed by atoms with Crippen LogP contribution in [0.3, 0.4) is 0 Å². The number of benzene rings is 1. The molecule has 0 spiro atoms. The molecule has 2 aromatic rings. The molecule has 0 aliphatic carbocycles. The summed E-state index contributed by atoms with van der Waals surface area (Å²) in [7, 11) is 2.09. The van der Waals surface area contributed by atoms with Gasteiger partial charge in [-0.2, -0.15) is 0 Å². The highest BCUT2D eigenvalue weighted by atomic mass is 16.2. The minimum atomic E-state index is 0.181. The van der Waals surface area contributed by atoms with E-state index in [1.807, 2.05) is 6.07 Å². The van der Waals surface area contributed by atoms with E-state index in [0.29, 0.717) is 11.9 Å². The number of hydrogen-bond acceptors (Lipinski definition) is 3. The van der Waals surface area contributed by atoms with E-state index in [9.17, 15) is 4.79 Å². The van der Waals surface area contributed by atoms with Crippen molar-refractivity contribution in [2.75, 3.05) is 19.6 Å². The second kappa shape index (κ2) is 8.87. The van der Waals surface area contributed by atoms with Crippen molar-refractivity contribution in [2.45, 2.75) is 59.0 Å². The molecule has 0 unspecified atom stereocenters. The molecule has 2 heterocycles. The second-order valence-electron chi connectivity index (χ2n) is 8.11. The van der Waals surface area contributed by atoms with Gasteiger partial charge in [-0.3, -0.25) is 9.69 Å². The number of likely N-dealkylation sites (tertiary alicyclic amines) is 1. The van der Waals surface area contributed by atoms with Crippen molar-refractivity contribution >= 4 is 16.9 Å². The Labute approximate surface area is 163 Å². The Kier molecular flexibility index (Phi) is 6.53. The molecule has 0 saturated carbocycles. The molecule has 1 amide bonds. The number of carbonyl (C=O) groups excluding carboxylic acids is 1. The smallest absolute Gasteiger partial charge is 0.226 e. The van der Waals surface area contributed by atoms with Gasteiger partial charge in [0.05, 0.1) is 17.6 Å². The predicted molar refractivity (Wildman–Crippen MR) is 110 cm³/mol. The van der Waals surface area contributed by atoms with Crippen LogP contribution in [0, 0.1) is 5.92 Å². The van der Waals surface area contributed by atoms with Gasteiger partial charge in [-0.25, -0.2) is 4.98 Å². The molecule has 1 aromatic carbocycles. The van der Waals surface area contributed by atoms with Gasteiger partial charge in [0, 0.05) is 25.6 Å². The lowest BCUT2D eigenvalue weighted by atomic mass is 9.94. The summed E-state index contributed by atoms with van der Waals surface area (Å²) in [5.74, 6) is 1.65. The molecule has 0 bridgehead atoms. The Balaban J connectivity index is 1.58.